The van der Waals surface area contributed by atoms with Gasteiger partial charge in [-0.05, 0) is 18.2 Å². The number of benzene rings is 1. The highest BCUT2D eigenvalue weighted by Crippen LogP contribution is 2.36. The molecule has 3 heteroatoms. The number of hydrogen-bond donors (Lipinski definition) is 1. The highest BCUT2D eigenvalue weighted by molar-refractivity contribution is 5.36. The zero-order valence-corrected chi connectivity index (χ0v) is 10.3. The van der Waals surface area contributed by atoms with Crippen molar-refractivity contribution < 1.29 is 5.11 Å². The first-order valence-electron chi connectivity index (χ1n) is 6.44. The summed E-state index contributed by atoms with van der Waals surface area (Å²) in [6.07, 6.45) is 0.587. The lowest BCUT2D eigenvalue weighted by Gasteiger charge is -2.38. The van der Waals surface area contributed by atoms with Crippen LogP contribution in [0.2, 0.25) is 0 Å². The van der Waals surface area contributed by atoms with Crippen LogP contribution in [0.5, 0.6) is 0 Å². The van der Waals surface area contributed by atoms with Crippen molar-refractivity contribution in [3.63, 3.8) is 0 Å². The molecule has 0 unspecified atom stereocenters. The summed E-state index contributed by atoms with van der Waals surface area (Å²) in [6.45, 7) is 4.33. The number of aliphatic hydroxyl groups excluding tert-OH is 1. The molecular weight excluding hydrogens is 212 g/mol. The smallest absolute Gasteiger partial charge is 0.0777 e. The fourth-order valence-corrected chi connectivity index (χ4v) is 3.09. The molecule has 0 bridgehead atoms. The minimum absolute atomic E-state index is 0.222. The van der Waals surface area contributed by atoms with Gasteiger partial charge in [-0.3, -0.25) is 4.90 Å². The summed E-state index contributed by atoms with van der Waals surface area (Å²) < 4.78 is 0. The summed E-state index contributed by atoms with van der Waals surface area (Å²) in [5.74, 6) is 0. The average Bonchev–Trinajstić information content (AvgIpc) is 2.66. The van der Waals surface area contributed by atoms with Gasteiger partial charge in [-0.15, -0.1) is 0 Å². The van der Waals surface area contributed by atoms with E-state index in [1.807, 2.05) is 0 Å². The molecule has 17 heavy (non-hydrogen) atoms. The Kier molecular flexibility index (Phi) is 2.90. The molecule has 2 aliphatic rings. The van der Waals surface area contributed by atoms with E-state index in [1.54, 1.807) is 0 Å². The lowest BCUT2D eigenvalue weighted by molar-refractivity contribution is 0.0332. The maximum Gasteiger partial charge on any atom is 0.0777 e. The van der Waals surface area contributed by atoms with E-state index < -0.39 is 0 Å². The van der Waals surface area contributed by atoms with Crippen LogP contribution in [0.25, 0.3) is 0 Å². The number of piperazine rings is 1. The van der Waals surface area contributed by atoms with Crippen molar-refractivity contribution >= 4 is 0 Å². The highest BCUT2D eigenvalue weighted by atomic mass is 16.3. The molecule has 1 heterocycles. The second-order valence-electron chi connectivity index (χ2n) is 5.25. The second kappa shape index (κ2) is 4.41. The van der Waals surface area contributed by atoms with Crippen LogP contribution in [-0.2, 0) is 6.42 Å². The van der Waals surface area contributed by atoms with E-state index in [-0.39, 0.29) is 12.1 Å². The number of fused-ring (bicyclic) bond motifs is 1. The normalized spacial score (nSPS) is 30.5. The van der Waals surface area contributed by atoms with Crippen molar-refractivity contribution in [1.29, 1.82) is 0 Å². The van der Waals surface area contributed by atoms with Gasteiger partial charge in [0.2, 0.25) is 0 Å². The molecule has 1 aliphatic heterocycles. The van der Waals surface area contributed by atoms with E-state index in [0.29, 0.717) is 0 Å². The van der Waals surface area contributed by atoms with Gasteiger partial charge >= 0.3 is 0 Å². The van der Waals surface area contributed by atoms with Gasteiger partial charge in [-0.1, -0.05) is 24.3 Å². The van der Waals surface area contributed by atoms with Gasteiger partial charge in [0.05, 0.1) is 12.1 Å². The van der Waals surface area contributed by atoms with Gasteiger partial charge in [-0.2, -0.15) is 0 Å². The third-order valence-corrected chi connectivity index (χ3v) is 4.10. The van der Waals surface area contributed by atoms with Gasteiger partial charge in [-0.25, -0.2) is 0 Å². The van der Waals surface area contributed by atoms with Crippen molar-refractivity contribution in [1.82, 2.24) is 9.80 Å². The molecule has 0 saturated carbocycles. The summed E-state index contributed by atoms with van der Waals surface area (Å²) in [4.78, 5) is 4.79. The van der Waals surface area contributed by atoms with Crippen molar-refractivity contribution in [3.8, 4) is 0 Å². The lowest BCUT2D eigenvalue weighted by Crippen LogP contribution is -2.47. The summed E-state index contributed by atoms with van der Waals surface area (Å²) in [5, 5.41) is 10.3. The van der Waals surface area contributed by atoms with Crippen LogP contribution in [-0.4, -0.2) is 54.2 Å². The van der Waals surface area contributed by atoms with E-state index >= 15 is 0 Å². The fourth-order valence-electron chi connectivity index (χ4n) is 3.09. The molecule has 0 amide bonds. The van der Waals surface area contributed by atoms with Crippen LogP contribution in [0.15, 0.2) is 24.3 Å². The van der Waals surface area contributed by atoms with Crippen LogP contribution in [0.3, 0.4) is 0 Å². The Morgan fingerprint density at radius 3 is 2.59 bits per heavy atom. The minimum Gasteiger partial charge on any atom is -0.391 e. The molecular formula is C14H20N2O. The molecule has 2 atom stereocenters. The largest absolute Gasteiger partial charge is 0.391 e. The van der Waals surface area contributed by atoms with E-state index in [2.05, 4.69) is 41.1 Å². The van der Waals surface area contributed by atoms with Gasteiger partial charge in [0, 0.05) is 32.6 Å². The lowest BCUT2D eigenvalue weighted by atomic mass is 10.1. The quantitative estimate of drug-likeness (QED) is 0.779. The molecule has 1 aliphatic carbocycles. The SMILES string of the molecule is CN1CCN([C@@H]2c3ccccc3C[C@H]2O)CC1. The molecule has 0 aromatic heterocycles. The van der Waals surface area contributed by atoms with Gasteiger partial charge < -0.3 is 10.0 Å². The van der Waals surface area contributed by atoms with Crippen LogP contribution >= 0.6 is 0 Å². The van der Waals surface area contributed by atoms with Gasteiger partial charge in [0.25, 0.3) is 0 Å². The molecule has 1 aromatic rings. The number of rotatable bonds is 1. The zero-order valence-electron chi connectivity index (χ0n) is 10.3. The third kappa shape index (κ3) is 1.99. The number of aliphatic hydroxyl groups is 1. The molecule has 3 rings (SSSR count). The average molecular weight is 232 g/mol. The molecule has 1 N–H and O–H groups in total. The van der Waals surface area contributed by atoms with E-state index in [9.17, 15) is 5.11 Å². The first-order valence-corrected chi connectivity index (χ1v) is 6.44. The predicted octanol–water partition coefficient (Wildman–Crippen LogP) is 0.892. The van der Waals surface area contributed by atoms with Crippen LogP contribution in [0.4, 0.5) is 0 Å². The first-order chi connectivity index (χ1) is 8.25. The van der Waals surface area contributed by atoms with Crippen molar-refractivity contribution in [3.05, 3.63) is 35.4 Å². The Morgan fingerprint density at radius 2 is 1.82 bits per heavy atom. The van der Waals surface area contributed by atoms with Crippen molar-refractivity contribution in [2.45, 2.75) is 18.6 Å². The molecule has 0 radical (unpaired) electrons. The Morgan fingerprint density at radius 1 is 1.12 bits per heavy atom. The summed E-state index contributed by atoms with van der Waals surface area (Å²) in [6, 6.07) is 8.70. The van der Waals surface area contributed by atoms with Crippen molar-refractivity contribution in [2.75, 3.05) is 33.2 Å². The van der Waals surface area contributed by atoms with E-state index in [1.165, 1.54) is 11.1 Å². The molecule has 1 aromatic carbocycles. The van der Waals surface area contributed by atoms with E-state index in [4.69, 9.17) is 0 Å². The van der Waals surface area contributed by atoms with Gasteiger partial charge in [0.15, 0.2) is 0 Å². The minimum atomic E-state index is -0.226. The molecule has 0 spiro atoms. The summed E-state index contributed by atoms with van der Waals surface area (Å²) in [5.41, 5.74) is 2.66. The zero-order chi connectivity index (χ0) is 11.8. The molecule has 3 nitrogen and oxygen atoms in total. The standard InChI is InChI=1S/C14H20N2O/c1-15-6-8-16(9-7-15)14-12-5-3-2-4-11(12)10-13(14)17/h2-5,13-14,17H,6-10H2,1H3/t13-,14-/m1/s1. The Labute approximate surface area is 103 Å². The summed E-state index contributed by atoms with van der Waals surface area (Å²) >= 11 is 0. The van der Waals surface area contributed by atoms with Crippen molar-refractivity contribution in [2.24, 2.45) is 0 Å². The Hall–Kier alpha value is -0.900. The first kappa shape index (κ1) is 11.2. The Balaban J connectivity index is 1.83. The van der Waals surface area contributed by atoms with Crippen LogP contribution < -0.4 is 0 Å². The highest BCUT2D eigenvalue weighted by Gasteiger charge is 2.35. The van der Waals surface area contributed by atoms with Crippen LogP contribution in [0, 0.1) is 0 Å². The summed E-state index contributed by atoms with van der Waals surface area (Å²) in [7, 11) is 2.16. The number of hydrogen-bond acceptors (Lipinski definition) is 3. The monoisotopic (exact) mass is 232 g/mol. The molecule has 1 saturated heterocycles. The van der Waals surface area contributed by atoms with Gasteiger partial charge in [0.1, 0.15) is 0 Å². The number of nitrogens with zero attached hydrogens (tertiary/aromatic N) is 2. The van der Waals surface area contributed by atoms with E-state index in [0.717, 1.165) is 32.6 Å². The predicted molar refractivity (Wildman–Crippen MR) is 68.0 cm³/mol. The number of likely N-dealkylation sites (N-methyl/N-ethyl adjacent to an activating group) is 1. The Bertz CT molecular complexity index is 399. The maximum atomic E-state index is 10.3. The van der Waals surface area contributed by atoms with Crippen LogP contribution in [0.1, 0.15) is 17.2 Å². The fraction of sp³-hybridized carbons (Fsp3) is 0.571. The second-order valence-corrected chi connectivity index (χ2v) is 5.25. The topological polar surface area (TPSA) is 26.7 Å². The molecule has 1 fully saturated rings. The maximum absolute atomic E-state index is 10.3. The molecule has 92 valence electrons. The third-order valence-electron chi connectivity index (χ3n) is 4.10.